The summed E-state index contributed by atoms with van der Waals surface area (Å²) in [5.74, 6) is -0.157. The Kier molecular flexibility index (Phi) is 8.81. The van der Waals surface area contributed by atoms with Crippen LogP contribution in [0.3, 0.4) is 0 Å². The summed E-state index contributed by atoms with van der Waals surface area (Å²) in [4.78, 5) is 32.1. The lowest BCUT2D eigenvalue weighted by atomic mass is 10.1. The zero-order chi connectivity index (χ0) is 26.2. The van der Waals surface area contributed by atoms with Crippen LogP contribution in [0.1, 0.15) is 22.3 Å². The van der Waals surface area contributed by atoms with Gasteiger partial charge in [0.1, 0.15) is 11.6 Å². The third kappa shape index (κ3) is 6.89. The normalized spacial score (nSPS) is 15.6. The van der Waals surface area contributed by atoms with Crippen molar-refractivity contribution in [2.75, 3.05) is 44.6 Å². The molecule has 37 heavy (non-hydrogen) atoms. The first-order valence-corrected chi connectivity index (χ1v) is 12.4. The second-order valence-corrected chi connectivity index (χ2v) is 9.03. The first-order chi connectivity index (χ1) is 17.9. The molecule has 3 aromatic rings. The molecule has 0 aliphatic carbocycles. The smallest absolute Gasteiger partial charge is 0.255 e. The molecule has 1 aromatic carbocycles. The fourth-order valence-electron chi connectivity index (χ4n) is 4.33. The van der Waals surface area contributed by atoms with Crippen LogP contribution in [0.5, 0.6) is 0 Å². The standard InChI is InChI=1S/C26H33FN8O2/c1-34-17-19(13-32-34)23-7-6-22(25(33-23)30-10-8-18-4-2-5-20(27)12-18)26(37)31-15-21-14-29-16-24(36)35(21)11-3-9-28/h2,4-7,12-13,17,21,29H,3,8-11,14-16,28H2,1H3,(H,30,33)(H,31,37)/t21-/m1/s1. The predicted molar refractivity (Wildman–Crippen MR) is 139 cm³/mol. The fraction of sp³-hybridized carbons (Fsp3) is 0.385. The molecule has 0 radical (unpaired) electrons. The van der Waals surface area contributed by atoms with E-state index < -0.39 is 0 Å². The number of hydrogen-bond donors (Lipinski definition) is 4. The number of aromatic nitrogens is 3. The monoisotopic (exact) mass is 508 g/mol. The third-order valence-corrected chi connectivity index (χ3v) is 6.25. The highest BCUT2D eigenvalue weighted by atomic mass is 19.1. The van der Waals surface area contributed by atoms with Crippen LogP contribution in [0.4, 0.5) is 10.2 Å². The van der Waals surface area contributed by atoms with Crippen molar-refractivity contribution in [1.29, 1.82) is 0 Å². The van der Waals surface area contributed by atoms with Crippen molar-refractivity contribution < 1.29 is 14.0 Å². The number of aryl methyl sites for hydroxylation is 1. The summed E-state index contributed by atoms with van der Waals surface area (Å²) in [6.45, 7) is 2.69. The van der Waals surface area contributed by atoms with Crippen molar-refractivity contribution in [3.05, 3.63) is 65.7 Å². The van der Waals surface area contributed by atoms with Gasteiger partial charge in [-0.3, -0.25) is 14.3 Å². The van der Waals surface area contributed by atoms with E-state index in [2.05, 4.69) is 21.0 Å². The quantitative estimate of drug-likeness (QED) is 0.306. The van der Waals surface area contributed by atoms with Gasteiger partial charge in [-0.25, -0.2) is 9.37 Å². The van der Waals surface area contributed by atoms with Gasteiger partial charge in [0, 0.05) is 45.0 Å². The number of pyridine rings is 1. The van der Waals surface area contributed by atoms with Crippen LogP contribution in [0, 0.1) is 5.82 Å². The second-order valence-electron chi connectivity index (χ2n) is 9.03. The predicted octanol–water partition coefficient (Wildman–Crippen LogP) is 1.15. The molecule has 10 nitrogen and oxygen atoms in total. The number of nitrogens with two attached hydrogens (primary N) is 1. The lowest BCUT2D eigenvalue weighted by Crippen LogP contribution is -2.58. The Morgan fingerprint density at radius 1 is 1.30 bits per heavy atom. The van der Waals surface area contributed by atoms with Gasteiger partial charge < -0.3 is 26.6 Å². The summed E-state index contributed by atoms with van der Waals surface area (Å²) in [7, 11) is 1.82. The van der Waals surface area contributed by atoms with Crippen molar-refractivity contribution in [3.8, 4) is 11.3 Å². The first-order valence-electron chi connectivity index (χ1n) is 12.4. The number of amides is 2. The largest absolute Gasteiger partial charge is 0.369 e. The summed E-state index contributed by atoms with van der Waals surface area (Å²) in [5, 5.41) is 13.5. The number of nitrogens with one attached hydrogen (secondary N) is 3. The van der Waals surface area contributed by atoms with Gasteiger partial charge in [-0.2, -0.15) is 5.10 Å². The number of hydrogen-bond acceptors (Lipinski definition) is 7. The third-order valence-electron chi connectivity index (χ3n) is 6.25. The lowest BCUT2D eigenvalue weighted by Gasteiger charge is -2.36. The van der Waals surface area contributed by atoms with Gasteiger partial charge in [0.05, 0.1) is 30.0 Å². The molecular formula is C26H33FN8O2. The van der Waals surface area contributed by atoms with Gasteiger partial charge in [0.25, 0.3) is 5.91 Å². The molecular weight excluding hydrogens is 475 g/mol. The Morgan fingerprint density at radius 3 is 2.92 bits per heavy atom. The summed E-state index contributed by atoms with van der Waals surface area (Å²) in [6.07, 6.45) is 4.82. The number of benzene rings is 1. The summed E-state index contributed by atoms with van der Waals surface area (Å²) in [5.41, 5.74) is 8.35. The molecule has 0 bridgehead atoms. The molecule has 11 heteroatoms. The Labute approximate surface area is 215 Å². The average molecular weight is 509 g/mol. The van der Waals surface area contributed by atoms with Crippen LogP contribution in [0.25, 0.3) is 11.3 Å². The number of rotatable bonds is 11. The Balaban J connectivity index is 1.48. The van der Waals surface area contributed by atoms with E-state index in [1.54, 1.807) is 34.0 Å². The minimum Gasteiger partial charge on any atom is -0.369 e. The first kappa shape index (κ1) is 26.2. The van der Waals surface area contributed by atoms with Crippen molar-refractivity contribution in [1.82, 2.24) is 30.3 Å². The maximum absolute atomic E-state index is 13.6. The minimum atomic E-state index is -0.296. The molecule has 1 saturated heterocycles. The van der Waals surface area contributed by atoms with Crippen molar-refractivity contribution >= 4 is 17.6 Å². The highest BCUT2D eigenvalue weighted by molar-refractivity contribution is 5.99. The number of anilines is 1. The lowest BCUT2D eigenvalue weighted by molar-refractivity contribution is -0.134. The summed E-state index contributed by atoms with van der Waals surface area (Å²) in [6, 6.07) is 9.77. The second kappa shape index (κ2) is 12.4. The molecule has 4 rings (SSSR count). The molecule has 5 N–H and O–H groups in total. The molecule has 0 unspecified atom stereocenters. The number of piperazine rings is 1. The topological polar surface area (TPSA) is 130 Å². The van der Waals surface area contributed by atoms with E-state index in [4.69, 9.17) is 10.7 Å². The number of carbonyl (C=O) groups is 2. The average Bonchev–Trinajstić information content (AvgIpc) is 3.33. The summed E-state index contributed by atoms with van der Waals surface area (Å²) >= 11 is 0. The molecule has 1 fully saturated rings. The number of carbonyl (C=O) groups excluding carboxylic acids is 2. The van der Waals surface area contributed by atoms with E-state index in [0.29, 0.717) is 62.6 Å². The molecule has 0 spiro atoms. The van der Waals surface area contributed by atoms with E-state index in [-0.39, 0.29) is 30.2 Å². The van der Waals surface area contributed by atoms with E-state index in [9.17, 15) is 14.0 Å². The summed E-state index contributed by atoms with van der Waals surface area (Å²) < 4.78 is 15.2. The van der Waals surface area contributed by atoms with Gasteiger partial charge in [0.15, 0.2) is 0 Å². The van der Waals surface area contributed by atoms with E-state index in [1.165, 1.54) is 12.1 Å². The van der Waals surface area contributed by atoms with Gasteiger partial charge >= 0.3 is 0 Å². The number of halogens is 1. The number of nitrogens with zero attached hydrogens (tertiary/aromatic N) is 4. The molecule has 1 aliphatic heterocycles. The van der Waals surface area contributed by atoms with Crippen molar-refractivity contribution in [2.45, 2.75) is 18.9 Å². The Bertz CT molecular complexity index is 1230. The highest BCUT2D eigenvalue weighted by Crippen LogP contribution is 2.22. The molecule has 2 aromatic heterocycles. The highest BCUT2D eigenvalue weighted by Gasteiger charge is 2.28. The maximum atomic E-state index is 13.6. The molecule has 1 atom stereocenters. The molecule has 2 amide bonds. The van der Waals surface area contributed by atoms with Gasteiger partial charge in [0.2, 0.25) is 5.91 Å². The van der Waals surface area contributed by atoms with Gasteiger partial charge in [-0.1, -0.05) is 12.1 Å². The van der Waals surface area contributed by atoms with Gasteiger partial charge in [-0.05, 0) is 49.2 Å². The van der Waals surface area contributed by atoms with E-state index in [1.807, 2.05) is 19.3 Å². The van der Waals surface area contributed by atoms with Crippen LogP contribution in [0.15, 0.2) is 48.8 Å². The van der Waals surface area contributed by atoms with Crippen LogP contribution >= 0.6 is 0 Å². The van der Waals surface area contributed by atoms with Crippen LogP contribution in [-0.4, -0.2) is 76.8 Å². The van der Waals surface area contributed by atoms with Crippen molar-refractivity contribution in [3.63, 3.8) is 0 Å². The Hall–Kier alpha value is -3.83. The zero-order valence-electron chi connectivity index (χ0n) is 20.9. The zero-order valence-corrected chi connectivity index (χ0v) is 20.9. The molecule has 0 saturated carbocycles. The maximum Gasteiger partial charge on any atom is 0.255 e. The molecule has 3 heterocycles. The van der Waals surface area contributed by atoms with Crippen LogP contribution < -0.4 is 21.7 Å². The van der Waals surface area contributed by atoms with Crippen LogP contribution in [-0.2, 0) is 18.3 Å². The van der Waals surface area contributed by atoms with Gasteiger partial charge in [-0.15, -0.1) is 0 Å². The van der Waals surface area contributed by atoms with Crippen molar-refractivity contribution in [2.24, 2.45) is 12.8 Å². The SMILES string of the molecule is Cn1cc(-c2ccc(C(=O)NC[C@H]3CNCC(=O)N3CCCN)c(NCCc3cccc(F)c3)n2)cn1. The Morgan fingerprint density at radius 2 is 2.16 bits per heavy atom. The van der Waals surface area contributed by atoms with E-state index >= 15 is 0 Å². The molecule has 196 valence electrons. The minimum absolute atomic E-state index is 0.00106. The van der Waals surface area contributed by atoms with Crippen LogP contribution in [0.2, 0.25) is 0 Å². The molecule has 1 aliphatic rings. The van der Waals surface area contributed by atoms with E-state index in [0.717, 1.165) is 11.1 Å². The fourth-order valence-corrected chi connectivity index (χ4v) is 4.33.